The lowest BCUT2D eigenvalue weighted by Crippen LogP contribution is -2.25. The zero-order chi connectivity index (χ0) is 15.9. The minimum atomic E-state index is -0.0480. The molecule has 0 saturated heterocycles. The molecule has 0 saturated carbocycles. The van der Waals surface area contributed by atoms with Crippen LogP contribution < -0.4 is 16.4 Å². The summed E-state index contributed by atoms with van der Waals surface area (Å²) in [6, 6.07) is 11.2. The zero-order valence-corrected chi connectivity index (χ0v) is 13.0. The predicted octanol–water partition coefficient (Wildman–Crippen LogP) is 2.51. The van der Waals surface area contributed by atoms with Crippen LogP contribution >= 0.6 is 0 Å². The van der Waals surface area contributed by atoms with Gasteiger partial charge in [0.2, 0.25) is 0 Å². The average Bonchev–Trinajstić information content (AvgIpc) is 2.50. The number of nitrogens with two attached hydrogens (primary N) is 1. The lowest BCUT2D eigenvalue weighted by Gasteiger charge is -2.09. The number of aromatic nitrogens is 1. The Balaban J connectivity index is 1.72. The molecular weight excluding hydrogens is 276 g/mol. The molecule has 0 radical (unpaired) electrons. The highest BCUT2D eigenvalue weighted by atomic mass is 16.1. The highest BCUT2D eigenvalue weighted by molar-refractivity contribution is 5.94. The summed E-state index contributed by atoms with van der Waals surface area (Å²) in [5.74, 6) is 0.651. The Morgan fingerprint density at radius 2 is 1.82 bits per heavy atom. The summed E-state index contributed by atoms with van der Waals surface area (Å²) >= 11 is 0. The lowest BCUT2D eigenvalue weighted by molar-refractivity contribution is 0.0953. The van der Waals surface area contributed by atoms with Gasteiger partial charge >= 0.3 is 0 Å². The second-order valence-corrected chi connectivity index (χ2v) is 5.29. The van der Waals surface area contributed by atoms with Crippen LogP contribution in [0.5, 0.6) is 0 Å². The van der Waals surface area contributed by atoms with Gasteiger partial charge in [0, 0.05) is 24.3 Å². The summed E-state index contributed by atoms with van der Waals surface area (Å²) < 4.78 is 0. The first kappa shape index (κ1) is 15.8. The van der Waals surface area contributed by atoms with Crippen LogP contribution in [-0.2, 0) is 0 Å². The first-order chi connectivity index (χ1) is 10.6. The normalized spacial score (nSPS) is 10.3. The van der Waals surface area contributed by atoms with E-state index in [4.69, 9.17) is 5.73 Å². The first-order valence-electron chi connectivity index (χ1n) is 7.38. The third kappa shape index (κ3) is 4.48. The maximum absolute atomic E-state index is 11.9. The molecule has 1 aromatic heterocycles. The SMILES string of the molecule is Cc1ccc(C(=O)NCCCNc2nc(C)ccc2N)cc1. The van der Waals surface area contributed by atoms with Gasteiger partial charge in [-0.3, -0.25) is 4.79 Å². The van der Waals surface area contributed by atoms with Crippen LogP contribution in [0.1, 0.15) is 28.0 Å². The van der Waals surface area contributed by atoms with Crippen molar-refractivity contribution in [3.8, 4) is 0 Å². The molecule has 0 aliphatic carbocycles. The van der Waals surface area contributed by atoms with Crippen LogP contribution in [0.25, 0.3) is 0 Å². The number of nitrogen functional groups attached to an aromatic ring is 1. The summed E-state index contributed by atoms with van der Waals surface area (Å²) in [4.78, 5) is 16.3. The Hall–Kier alpha value is -2.56. The summed E-state index contributed by atoms with van der Waals surface area (Å²) in [5, 5.41) is 6.09. The number of carbonyl (C=O) groups is 1. The van der Waals surface area contributed by atoms with Crippen LogP contribution in [0, 0.1) is 13.8 Å². The number of nitrogens with one attached hydrogen (secondary N) is 2. The van der Waals surface area contributed by atoms with Crippen molar-refractivity contribution in [3.63, 3.8) is 0 Å². The molecule has 0 aliphatic rings. The van der Waals surface area contributed by atoms with E-state index < -0.39 is 0 Å². The van der Waals surface area contributed by atoms with E-state index in [9.17, 15) is 4.79 Å². The maximum Gasteiger partial charge on any atom is 0.251 e. The van der Waals surface area contributed by atoms with Gasteiger partial charge in [0.25, 0.3) is 5.91 Å². The summed E-state index contributed by atoms with van der Waals surface area (Å²) in [6.45, 7) is 5.23. The summed E-state index contributed by atoms with van der Waals surface area (Å²) in [5.41, 5.74) is 9.23. The molecule has 4 N–H and O–H groups in total. The number of hydrogen-bond acceptors (Lipinski definition) is 4. The highest BCUT2D eigenvalue weighted by Crippen LogP contribution is 2.14. The minimum Gasteiger partial charge on any atom is -0.396 e. The second-order valence-electron chi connectivity index (χ2n) is 5.29. The van der Waals surface area contributed by atoms with E-state index in [0.717, 1.165) is 17.7 Å². The van der Waals surface area contributed by atoms with Crippen molar-refractivity contribution in [3.05, 3.63) is 53.2 Å². The van der Waals surface area contributed by atoms with Gasteiger partial charge in [0.05, 0.1) is 5.69 Å². The van der Waals surface area contributed by atoms with Crippen molar-refractivity contribution in [2.45, 2.75) is 20.3 Å². The molecule has 0 aliphatic heterocycles. The summed E-state index contributed by atoms with van der Waals surface area (Å²) in [7, 11) is 0. The van der Waals surface area contributed by atoms with Crippen molar-refractivity contribution < 1.29 is 4.79 Å². The van der Waals surface area contributed by atoms with Crippen molar-refractivity contribution in [1.29, 1.82) is 0 Å². The van der Waals surface area contributed by atoms with Gasteiger partial charge in [-0.05, 0) is 44.5 Å². The fraction of sp³-hybridized carbons (Fsp3) is 0.294. The Bertz CT molecular complexity index is 638. The van der Waals surface area contributed by atoms with E-state index in [1.807, 2.05) is 50.2 Å². The van der Waals surface area contributed by atoms with E-state index >= 15 is 0 Å². The summed E-state index contributed by atoms with van der Waals surface area (Å²) in [6.07, 6.45) is 0.798. The Morgan fingerprint density at radius 1 is 1.09 bits per heavy atom. The smallest absolute Gasteiger partial charge is 0.251 e. The number of benzene rings is 1. The molecule has 0 spiro atoms. The maximum atomic E-state index is 11.9. The quantitative estimate of drug-likeness (QED) is 0.716. The standard InChI is InChI=1S/C17H22N4O/c1-12-4-7-14(8-5-12)17(22)20-11-3-10-19-16-15(18)9-6-13(2)21-16/h4-9H,3,10-11,18H2,1-2H3,(H,19,21)(H,20,22). The molecule has 1 amide bonds. The van der Waals surface area contributed by atoms with Gasteiger partial charge in [0.15, 0.2) is 0 Å². The molecule has 1 heterocycles. The lowest BCUT2D eigenvalue weighted by atomic mass is 10.1. The molecular formula is C17H22N4O. The molecule has 5 heteroatoms. The molecule has 2 rings (SSSR count). The van der Waals surface area contributed by atoms with Crippen molar-refractivity contribution in [2.75, 3.05) is 24.1 Å². The first-order valence-corrected chi connectivity index (χ1v) is 7.38. The van der Waals surface area contributed by atoms with Crippen LogP contribution in [0.4, 0.5) is 11.5 Å². The minimum absolute atomic E-state index is 0.0480. The van der Waals surface area contributed by atoms with Crippen molar-refractivity contribution in [2.24, 2.45) is 0 Å². The number of aryl methyl sites for hydroxylation is 2. The van der Waals surface area contributed by atoms with E-state index in [2.05, 4.69) is 15.6 Å². The average molecular weight is 298 g/mol. The highest BCUT2D eigenvalue weighted by Gasteiger charge is 2.04. The number of carbonyl (C=O) groups excluding carboxylic acids is 1. The van der Waals surface area contributed by atoms with Gasteiger partial charge in [0.1, 0.15) is 5.82 Å². The molecule has 116 valence electrons. The Labute approximate surface area is 130 Å². The van der Waals surface area contributed by atoms with Crippen LogP contribution in [0.2, 0.25) is 0 Å². The topological polar surface area (TPSA) is 80.0 Å². The van der Waals surface area contributed by atoms with E-state index in [0.29, 0.717) is 30.2 Å². The van der Waals surface area contributed by atoms with Gasteiger partial charge in [-0.2, -0.15) is 0 Å². The molecule has 22 heavy (non-hydrogen) atoms. The van der Waals surface area contributed by atoms with Crippen molar-refractivity contribution in [1.82, 2.24) is 10.3 Å². The van der Waals surface area contributed by atoms with Gasteiger partial charge in [-0.25, -0.2) is 4.98 Å². The molecule has 1 aromatic carbocycles. The number of anilines is 2. The fourth-order valence-electron chi connectivity index (χ4n) is 2.01. The number of rotatable bonds is 6. The van der Waals surface area contributed by atoms with Crippen LogP contribution in [0.15, 0.2) is 36.4 Å². The van der Waals surface area contributed by atoms with E-state index in [1.165, 1.54) is 0 Å². The molecule has 0 bridgehead atoms. The van der Waals surface area contributed by atoms with Crippen LogP contribution in [0.3, 0.4) is 0 Å². The largest absolute Gasteiger partial charge is 0.396 e. The second kappa shape index (κ2) is 7.45. The molecule has 5 nitrogen and oxygen atoms in total. The number of amides is 1. The fourth-order valence-corrected chi connectivity index (χ4v) is 2.01. The molecule has 2 aromatic rings. The molecule has 0 atom stereocenters. The van der Waals surface area contributed by atoms with E-state index in [-0.39, 0.29) is 5.91 Å². The Morgan fingerprint density at radius 3 is 2.55 bits per heavy atom. The van der Waals surface area contributed by atoms with Gasteiger partial charge < -0.3 is 16.4 Å². The number of hydrogen-bond donors (Lipinski definition) is 3. The zero-order valence-electron chi connectivity index (χ0n) is 13.0. The number of nitrogens with zero attached hydrogens (tertiary/aromatic N) is 1. The van der Waals surface area contributed by atoms with Crippen molar-refractivity contribution >= 4 is 17.4 Å². The predicted molar refractivity (Wildman–Crippen MR) is 90.0 cm³/mol. The van der Waals surface area contributed by atoms with Gasteiger partial charge in [-0.15, -0.1) is 0 Å². The third-order valence-electron chi connectivity index (χ3n) is 3.31. The molecule has 0 unspecified atom stereocenters. The number of pyridine rings is 1. The third-order valence-corrected chi connectivity index (χ3v) is 3.31. The van der Waals surface area contributed by atoms with Crippen LogP contribution in [-0.4, -0.2) is 24.0 Å². The Kier molecular flexibility index (Phi) is 5.36. The molecule has 0 fully saturated rings. The monoisotopic (exact) mass is 298 g/mol. The van der Waals surface area contributed by atoms with Gasteiger partial charge in [-0.1, -0.05) is 17.7 Å². The van der Waals surface area contributed by atoms with E-state index in [1.54, 1.807) is 0 Å².